The van der Waals surface area contributed by atoms with Crippen LogP contribution in [0.5, 0.6) is 11.5 Å². The molecule has 1 aromatic heterocycles. The SMILES string of the molecule is CC(C)C(C)c1ccncc1.Oc1ccc(O)cc1. The highest BCUT2D eigenvalue weighted by atomic mass is 16.3. The summed E-state index contributed by atoms with van der Waals surface area (Å²) in [6, 6.07) is 9.88. The second-order valence-electron chi connectivity index (χ2n) is 4.83. The number of hydrogen-bond acceptors (Lipinski definition) is 3. The monoisotopic (exact) mass is 259 g/mol. The van der Waals surface area contributed by atoms with E-state index in [1.165, 1.54) is 29.8 Å². The van der Waals surface area contributed by atoms with Gasteiger partial charge in [-0.05, 0) is 53.8 Å². The van der Waals surface area contributed by atoms with Gasteiger partial charge >= 0.3 is 0 Å². The van der Waals surface area contributed by atoms with Crippen LogP contribution in [0.2, 0.25) is 0 Å². The summed E-state index contributed by atoms with van der Waals surface area (Å²) in [6.07, 6.45) is 3.71. The van der Waals surface area contributed by atoms with Gasteiger partial charge in [-0.3, -0.25) is 4.98 Å². The summed E-state index contributed by atoms with van der Waals surface area (Å²) in [7, 11) is 0. The highest BCUT2D eigenvalue weighted by molar-refractivity contribution is 5.28. The molecule has 0 amide bonds. The Morgan fingerprint density at radius 2 is 1.21 bits per heavy atom. The molecule has 2 aromatic rings. The first-order valence-corrected chi connectivity index (χ1v) is 6.38. The van der Waals surface area contributed by atoms with E-state index in [9.17, 15) is 0 Å². The van der Waals surface area contributed by atoms with E-state index in [2.05, 4.69) is 37.9 Å². The predicted octanol–water partition coefficient (Wildman–Crippen LogP) is 3.94. The van der Waals surface area contributed by atoms with Crippen LogP contribution in [-0.2, 0) is 0 Å². The van der Waals surface area contributed by atoms with Gasteiger partial charge in [0.05, 0.1) is 0 Å². The lowest BCUT2D eigenvalue weighted by Crippen LogP contribution is -2.01. The second-order valence-corrected chi connectivity index (χ2v) is 4.83. The Morgan fingerprint density at radius 3 is 1.58 bits per heavy atom. The topological polar surface area (TPSA) is 53.4 Å². The molecule has 1 unspecified atom stereocenters. The third-order valence-electron chi connectivity index (χ3n) is 3.08. The maximum Gasteiger partial charge on any atom is 0.115 e. The molecule has 0 aliphatic heterocycles. The zero-order chi connectivity index (χ0) is 14.3. The molecule has 1 aromatic carbocycles. The van der Waals surface area contributed by atoms with E-state index >= 15 is 0 Å². The summed E-state index contributed by atoms with van der Waals surface area (Å²) < 4.78 is 0. The summed E-state index contributed by atoms with van der Waals surface area (Å²) in [5.74, 6) is 1.68. The van der Waals surface area contributed by atoms with E-state index in [1.807, 2.05) is 12.4 Å². The van der Waals surface area contributed by atoms with Crippen LogP contribution < -0.4 is 0 Å². The van der Waals surface area contributed by atoms with E-state index < -0.39 is 0 Å². The molecule has 2 N–H and O–H groups in total. The minimum atomic E-state index is 0.169. The van der Waals surface area contributed by atoms with Gasteiger partial charge in [-0.15, -0.1) is 0 Å². The quantitative estimate of drug-likeness (QED) is 0.803. The maximum atomic E-state index is 8.65. The first-order chi connectivity index (χ1) is 9.00. The molecule has 2 rings (SSSR count). The Morgan fingerprint density at radius 1 is 0.789 bits per heavy atom. The molecular weight excluding hydrogens is 238 g/mol. The third-order valence-corrected chi connectivity index (χ3v) is 3.08. The molecule has 1 atom stereocenters. The number of benzene rings is 1. The normalized spacial score (nSPS) is 11.6. The minimum absolute atomic E-state index is 0.169. The molecule has 0 fully saturated rings. The molecule has 3 heteroatoms. The Hall–Kier alpha value is -2.03. The fourth-order valence-corrected chi connectivity index (χ4v) is 1.50. The Balaban J connectivity index is 0.000000200. The van der Waals surface area contributed by atoms with E-state index in [1.54, 1.807) is 0 Å². The zero-order valence-electron chi connectivity index (χ0n) is 11.6. The summed E-state index contributed by atoms with van der Waals surface area (Å²) in [6.45, 7) is 6.73. The molecule has 19 heavy (non-hydrogen) atoms. The lowest BCUT2D eigenvalue weighted by molar-refractivity contribution is 0.460. The number of rotatable bonds is 2. The van der Waals surface area contributed by atoms with Crippen molar-refractivity contribution in [3.63, 3.8) is 0 Å². The average molecular weight is 259 g/mol. The van der Waals surface area contributed by atoms with Gasteiger partial charge in [0, 0.05) is 12.4 Å². The van der Waals surface area contributed by atoms with Crippen LogP contribution in [0.4, 0.5) is 0 Å². The van der Waals surface area contributed by atoms with Crippen LogP contribution in [0.25, 0.3) is 0 Å². The van der Waals surface area contributed by atoms with Crippen LogP contribution in [0, 0.1) is 5.92 Å². The van der Waals surface area contributed by atoms with Crippen molar-refractivity contribution < 1.29 is 10.2 Å². The fourth-order valence-electron chi connectivity index (χ4n) is 1.50. The van der Waals surface area contributed by atoms with Crippen molar-refractivity contribution in [2.75, 3.05) is 0 Å². The number of aromatic nitrogens is 1. The number of pyridine rings is 1. The summed E-state index contributed by atoms with van der Waals surface area (Å²) in [4.78, 5) is 3.99. The average Bonchev–Trinajstić information content (AvgIpc) is 2.43. The fraction of sp³-hybridized carbons (Fsp3) is 0.312. The van der Waals surface area contributed by atoms with Gasteiger partial charge in [-0.25, -0.2) is 0 Å². The molecule has 0 spiro atoms. The van der Waals surface area contributed by atoms with E-state index in [-0.39, 0.29) is 11.5 Å². The Bertz CT molecular complexity index is 445. The highest BCUT2D eigenvalue weighted by Crippen LogP contribution is 2.22. The Kier molecular flexibility index (Phi) is 5.86. The lowest BCUT2D eigenvalue weighted by Gasteiger charge is -2.14. The van der Waals surface area contributed by atoms with E-state index in [0.29, 0.717) is 11.8 Å². The van der Waals surface area contributed by atoms with Crippen molar-refractivity contribution in [3.05, 3.63) is 54.4 Å². The van der Waals surface area contributed by atoms with Gasteiger partial charge in [0.15, 0.2) is 0 Å². The number of nitrogens with zero attached hydrogens (tertiary/aromatic N) is 1. The second kappa shape index (κ2) is 7.41. The largest absolute Gasteiger partial charge is 0.508 e. The summed E-state index contributed by atoms with van der Waals surface area (Å²) >= 11 is 0. The summed E-state index contributed by atoms with van der Waals surface area (Å²) in [5, 5.41) is 17.3. The van der Waals surface area contributed by atoms with Crippen molar-refractivity contribution in [1.82, 2.24) is 4.98 Å². The van der Waals surface area contributed by atoms with Gasteiger partial charge in [-0.2, -0.15) is 0 Å². The standard InChI is InChI=1S/C10H15N.C6H6O2/c1-8(2)9(3)10-4-6-11-7-5-10;7-5-1-2-6(8)4-3-5/h4-9H,1-3H3;1-4,7-8H. The molecule has 0 saturated heterocycles. The molecular formula is C16H21NO2. The third kappa shape index (κ3) is 5.42. The van der Waals surface area contributed by atoms with Gasteiger partial charge in [0.2, 0.25) is 0 Å². The highest BCUT2D eigenvalue weighted by Gasteiger charge is 2.08. The zero-order valence-corrected chi connectivity index (χ0v) is 11.6. The van der Waals surface area contributed by atoms with Gasteiger partial charge in [0.25, 0.3) is 0 Å². The number of phenols is 2. The summed E-state index contributed by atoms with van der Waals surface area (Å²) in [5.41, 5.74) is 1.38. The van der Waals surface area contributed by atoms with Crippen molar-refractivity contribution in [3.8, 4) is 11.5 Å². The first kappa shape index (κ1) is 15.0. The van der Waals surface area contributed by atoms with Crippen molar-refractivity contribution >= 4 is 0 Å². The Labute approximate surface area is 114 Å². The molecule has 0 bridgehead atoms. The molecule has 1 heterocycles. The van der Waals surface area contributed by atoms with E-state index in [0.717, 1.165) is 0 Å². The lowest BCUT2D eigenvalue weighted by atomic mass is 9.91. The number of aromatic hydroxyl groups is 2. The van der Waals surface area contributed by atoms with E-state index in [4.69, 9.17) is 10.2 Å². The van der Waals surface area contributed by atoms with Gasteiger partial charge in [-0.1, -0.05) is 20.8 Å². The first-order valence-electron chi connectivity index (χ1n) is 6.38. The molecule has 0 aliphatic rings. The van der Waals surface area contributed by atoms with Crippen molar-refractivity contribution in [2.24, 2.45) is 5.92 Å². The molecule has 3 nitrogen and oxygen atoms in total. The van der Waals surface area contributed by atoms with Crippen LogP contribution >= 0.6 is 0 Å². The molecule has 102 valence electrons. The maximum absolute atomic E-state index is 8.65. The van der Waals surface area contributed by atoms with Gasteiger partial charge < -0.3 is 10.2 Å². The molecule has 0 radical (unpaired) electrons. The van der Waals surface area contributed by atoms with Crippen LogP contribution in [-0.4, -0.2) is 15.2 Å². The number of hydrogen-bond donors (Lipinski definition) is 2. The van der Waals surface area contributed by atoms with Crippen LogP contribution in [0.3, 0.4) is 0 Å². The molecule has 0 saturated carbocycles. The van der Waals surface area contributed by atoms with Crippen LogP contribution in [0.15, 0.2) is 48.8 Å². The van der Waals surface area contributed by atoms with Crippen molar-refractivity contribution in [1.29, 1.82) is 0 Å². The van der Waals surface area contributed by atoms with Crippen LogP contribution in [0.1, 0.15) is 32.3 Å². The van der Waals surface area contributed by atoms with Gasteiger partial charge in [0.1, 0.15) is 11.5 Å². The van der Waals surface area contributed by atoms with Crippen molar-refractivity contribution in [2.45, 2.75) is 26.7 Å². The molecule has 0 aliphatic carbocycles. The number of phenolic OH excluding ortho intramolecular Hbond substituents is 2. The minimum Gasteiger partial charge on any atom is -0.508 e. The predicted molar refractivity (Wildman–Crippen MR) is 77.3 cm³/mol. The smallest absolute Gasteiger partial charge is 0.115 e.